The van der Waals surface area contributed by atoms with Crippen LogP contribution in [0, 0.1) is 0 Å². The van der Waals surface area contributed by atoms with E-state index in [0.717, 1.165) is 24.1 Å². The van der Waals surface area contributed by atoms with E-state index in [4.69, 9.17) is 0 Å². The van der Waals surface area contributed by atoms with Crippen LogP contribution in [0.15, 0.2) is 48.7 Å². The summed E-state index contributed by atoms with van der Waals surface area (Å²) in [4.78, 5) is 0. The molecule has 110 valence electrons. The number of nitrogens with zero attached hydrogens (tertiary/aromatic N) is 3. The molecule has 0 saturated carbocycles. The van der Waals surface area contributed by atoms with Gasteiger partial charge in [0, 0.05) is 10.8 Å². The molecule has 1 aromatic carbocycles. The zero-order chi connectivity index (χ0) is 14.5. The van der Waals surface area contributed by atoms with Crippen LogP contribution in [0.1, 0.15) is 31.7 Å². The van der Waals surface area contributed by atoms with E-state index in [9.17, 15) is 0 Å². The van der Waals surface area contributed by atoms with E-state index in [2.05, 4.69) is 51.7 Å². The molecule has 0 fully saturated rings. The summed E-state index contributed by atoms with van der Waals surface area (Å²) in [5, 5.41) is 9.40. The molecule has 1 aliphatic carbocycles. The van der Waals surface area contributed by atoms with E-state index in [1.807, 2.05) is 30.0 Å². The van der Waals surface area contributed by atoms with Gasteiger partial charge >= 0.3 is 0 Å². The second-order valence-electron chi connectivity index (χ2n) is 5.42. The van der Waals surface area contributed by atoms with Crippen molar-refractivity contribution in [3.8, 4) is 11.3 Å². The summed E-state index contributed by atoms with van der Waals surface area (Å²) in [6, 6.07) is 10.7. The summed E-state index contributed by atoms with van der Waals surface area (Å²) in [5.74, 6) is 0. The Morgan fingerprint density at radius 1 is 1.10 bits per heavy atom. The van der Waals surface area contributed by atoms with Crippen molar-refractivity contribution in [2.24, 2.45) is 0 Å². The van der Waals surface area contributed by atoms with Gasteiger partial charge in [0.25, 0.3) is 0 Å². The Kier molecular flexibility index (Phi) is 4.76. The van der Waals surface area contributed by atoms with Gasteiger partial charge in [0.15, 0.2) is 0 Å². The van der Waals surface area contributed by atoms with Crippen molar-refractivity contribution in [1.29, 1.82) is 0 Å². The van der Waals surface area contributed by atoms with Crippen LogP contribution < -0.4 is 0 Å². The second-order valence-corrected chi connectivity index (χ2v) is 6.49. The molecular weight excluding hydrogens is 278 g/mol. The van der Waals surface area contributed by atoms with Crippen LogP contribution in [0.4, 0.5) is 0 Å². The molecule has 1 aromatic heterocycles. The summed E-state index contributed by atoms with van der Waals surface area (Å²) in [7, 11) is 0. The van der Waals surface area contributed by atoms with Gasteiger partial charge in [0.2, 0.25) is 0 Å². The molecule has 0 N–H and O–H groups in total. The van der Waals surface area contributed by atoms with Crippen LogP contribution in [-0.4, -0.2) is 26.5 Å². The minimum Gasteiger partial charge on any atom is -0.248 e. The van der Waals surface area contributed by atoms with Gasteiger partial charge in [-0.2, -0.15) is 11.8 Å². The summed E-state index contributed by atoms with van der Waals surface area (Å²) < 4.78 is 2.09. The Labute approximate surface area is 130 Å². The molecule has 0 bridgehead atoms. The summed E-state index contributed by atoms with van der Waals surface area (Å²) in [5.41, 5.74) is 2.10. The molecule has 21 heavy (non-hydrogen) atoms. The van der Waals surface area contributed by atoms with E-state index < -0.39 is 0 Å². The van der Waals surface area contributed by atoms with Crippen molar-refractivity contribution in [3.05, 3.63) is 48.7 Å². The van der Waals surface area contributed by atoms with Crippen molar-refractivity contribution in [3.63, 3.8) is 0 Å². The van der Waals surface area contributed by atoms with Crippen LogP contribution in [-0.2, 0) is 0 Å². The van der Waals surface area contributed by atoms with E-state index in [-0.39, 0.29) is 0 Å². The Hall–Kier alpha value is -1.55. The van der Waals surface area contributed by atoms with Crippen molar-refractivity contribution in [2.75, 3.05) is 6.26 Å². The Bertz CT molecular complexity index is 591. The lowest BCUT2D eigenvalue weighted by atomic mass is 10.0. The average molecular weight is 299 g/mol. The van der Waals surface area contributed by atoms with Gasteiger partial charge in [-0.25, -0.2) is 4.68 Å². The van der Waals surface area contributed by atoms with Crippen LogP contribution in [0.25, 0.3) is 11.3 Å². The first-order valence-electron chi connectivity index (χ1n) is 7.53. The van der Waals surface area contributed by atoms with E-state index >= 15 is 0 Å². The first kappa shape index (κ1) is 14.4. The lowest BCUT2D eigenvalue weighted by molar-refractivity contribution is 0.391. The minimum atomic E-state index is 0.440. The number of rotatable bonds is 3. The molecule has 0 aliphatic heterocycles. The highest BCUT2D eigenvalue weighted by molar-refractivity contribution is 7.99. The third-order valence-corrected chi connectivity index (χ3v) is 5.22. The molecular formula is C17H21N3S. The highest BCUT2D eigenvalue weighted by Crippen LogP contribution is 2.32. The average Bonchev–Trinajstić information content (AvgIpc) is 2.98. The van der Waals surface area contributed by atoms with Crippen LogP contribution in [0.2, 0.25) is 0 Å². The zero-order valence-corrected chi connectivity index (χ0v) is 13.2. The third-order valence-electron chi connectivity index (χ3n) is 4.07. The molecule has 3 nitrogen and oxygen atoms in total. The molecule has 0 saturated heterocycles. The maximum absolute atomic E-state index is 4.42. The number of thioether (sulfide) groups is 1. The fourth-order valence-electron chi connectivity index (χ4n) is 2.90. The molecule has 0 amide bonds. The van der Waals surface area contributed by atoms with Crippen LogP contribution in [0.3, 0.4) is 0 Å². The number of benzene rings is 1. The molecule has 4 heteroatoms. The number of allylic oxidation sites excluding steroid dienone is 2. The maximum Gasteiger partial charge on any atom is 0.113 e. The number of hydrogen-bond donors (Lipinski definition) is 0. The molecule has 2 aromatic rings. The molecule has 1 heterocycles. The first-order chi connectivity index (χ1) is 10.4. The summed E-state index contributed by atoms with van der Waals surface area (Å²) in [6.45, 7) is 0. The highest BCUT2D eigenvalue weighted by Gasteiger charge is 2.23. The first-order valence-corrected chi connectivity index (χ1v) is 8.82. The van der Waals surface area contributed by atoms with Crippen molar-refractivity contribution in [1.82, 2.24) is 15.0 Å². The molecule has 0 radical (unpaired) electrons. The third kappa shape index (κ3) is 3.38. The largest absolute Gasteiger partial charge is 0.248 e. The monoisotopic (exact) mass is 299 g/mol. The van der Waals surface area contributed by atoms with Crippen LogP contribution >= 0.6 is 11.8 Å². The van der Waals surface area contributed by atoms with E-state index in [1.54, 1.807) is 0 Å². The van der Waals surface area contributed by atoms with E-state index in [1.165, 1.54) is 12.8 Å². The molecule has 1 aliphatic rings. The van der Waals surface area contributed by atoms with Crippen LogP contribution in [0.5, 0.6) is 0 Å². The van der Waals surface area contributed by atoms with Gasteiger partial charge in [0.05, 0.1) is 12.2 Å². The highest BCUT2D eigenvalue weighted by atomic mass is 32.2. The normalized spacial score (nSPS) is 24.2. The minimum absolute atomic E-state index is 0.440. The Morgan fingerprint density at radius 3 is 2.62 bits per heavy atom. The van der Waals surface area contributed by atoms with Gasteiger partial charge in [-0.3, -0.25) is 0 Å². The Balaban J connectivity index is 1.85. The second kappa shape index (κ2) is 6.94. The number of hydrogen-bond acceptors (Lipinski definition) is 3. The Morgan fingerprint density at radius 2 is 1.86 bits per heavy atom. The molecule has 3 rings (SSSR count). The van der Waals surface area contributed by atoms with Gasteiger partial charge in [-0.1, -0.05) is 47.7 Å². The van der Waals surface area contributed by atoms with Crippen molar-refractivity contribution in [2.45, 2.75) is 37.0 Å². The van der Waals surface area contributed by atoms with Gasteiger partial charge in [0.1, 0.15) is 5.69 Å². The predicted molar refractivity (Wildman–Crippen MR) is 89.4 cm³/mol. The van der Waals surface area contributed by atoms with Gasteiger partial charge in [-0.15, -0.1) is 5.10 Å². The molecule has 2 unspecified atom stereocenters. The standard InChI is InChI=1S/C17H21N3S/c1-21-17-12-8-3-2-7-11-16(17)20-13-15(18-19-20)14-9-5-4-6-10-14/h2-6,9-10,13,16-17H,7-8,11-12H2,1H3/b3-2-. The lowest BCUT2D eigenvalue weighted by Gasteiger charge is -2.26. The number of aromatic nitrogens is 3. The van der Waals surface area contributed by atoms with Crippen molar-refractivity contribution >= 4 is 11.8 Å². The smallest absolute Gasteiger partial charge is 0.113 e. The molecule has 2 atom stereocenters. The fraction of sp³-hybridized carbons (Fsp3) is 0.412. The van der Waals surface area contributed by atoms with Gasteiger partial charge in [-0.05, 0) is 31.9 Å². The maximum atomic E-state index is 4.42. The predicted octanol–water partition coefficient (Wildman–Crippen LogP) is 4.35. The van der Waals surface area contributed by atoms with Gasteiger partial charge < -0.3 is 0 Å². The van der Waals surface area contributed by atoms with E-state index in [0.29, 0.717) is 11.3 Å². The quantitative estimate of drug-likeness (QED) is 0.790. The lowest BCUT2D eigenvalue weighted by Crippen LogP contribution is -2.23. The summed E-state index contributed by atoms with van der Waals surface area (Å²) >= 11 is 1.95. The summed E-state index contributed by atoms with van der Waals surface area (Å²) in [6.07, 6.45) is 13.6. The zero-order valence-electron chi connectivity index (χ0n) is 12.4. The molecule has 0 spiro atoms. The van der Waals surface area contributed by atoms with Crippen molar-refractivity contribution < 1.29 is 0 Å². The topological polar surface area (TPSA) is 30.7 Å². The fourth-order valence-corrected chi connectivity index (χ4v) is 3.85. The SMILES string of the molecule is CSC1CC/C=C\CCC1n1cc(-c2ccccc2)nn1.